The van der Waals surface area contributed by atoms with Crippen LogP contribution in [0, 0.1) is 0 Å². The molecule has 4 nitrogen and oxygen atoms in total. The predicted octanol–water partition coefficient (Wildman–Crippen LogP) is 13.0. The van der Waals surface area contributed by atoms with E-state index >= 15 is 0 Å². The van der Waals surface area contributed by atoms with Gasteiger partial charge in [0.15, 0.2) is 17.5 Å². The third-order valence-corrected chi connectivity index (χ3v) is 10.2. The summed E-state index contributed by atoms with van der Waals surface area (Å²) < 4.78 is 11.9. The van der Waals surface area contributed by atoms with Crippen LogP contribution in [0.2, 0.25) is 0 Å². The normalized spacial score (nSPS) is 11.5. The average Bonchev–Trinajstić information content (AvgIpc) is 3.61. The molecule has 0 atom stereocenters. The number of hydrogen-bond acceptors (Lipinski definition) is 3. The molecule has 4 heteroatoms. The molecule has 2 aromatic heterocycles. The van der Waals surface area contributed by atoms with Crippen molar-refractivity contribution in [3.63, 3.8) is 0 Å². The molecule has 10 rings (SSSR count). The van der Waals surface area contributed by atoms with E-state index in [1.54, 1.807) is 0 Å². The van der Waals surface area contributed by atoms with Gasteiger partial charge in [-0.25, -0.2) is 15.0 Å². The average molecular weight is 704 g/mol. The Labute approximate surface area is 321 Å². The van der Waals surface area contributed by atoms with Crippen molar-refractivity contribution in [2.75, 3.05) is 0 Å². The molecule has 0 radical (unpaired) electrons. The summed E-state index contributed by atoms with van der Waals surface area (Å²) in [5, 5.41) is 2.31. The minimum absolute atomic E-state index is 0.383. The smallest absolute Gasteiger partial charge is 0.164 e. The van der Waals surface area contributed by atoms with E-state index in [4.69, 9.17) is 15.0 Å². The molecule has 0 aliphatic heterocycles. The molecule has 8 aromatic carbocycles. The first-order valence-corrected chi connectivity index (χ1v) is 18.4. The van der Waals surface area contributed by atoms with E-state index in [0.717, 1.165) is 77.6 Å². The molecule has 0 aliphatic carbocycles. The summed E-state index contributed by atoms with van der Waals surface area (Å²) in [5.74, 6) is 1.63. The Morgan fingerprint density at radius 2 is 0.691 bits per heavy atom. The van der Waals surface area contributed by atoms with Crippen LogP contribution in [0.25, 0.3) is 95.0 Å². The highest BCUT2D eigenvalue weighted by atomic mass is 15.0. The van der Waals surface area contributed by atoms with Crippen molar-refractivity contribution < 1.29 is 1.37 Å². The van der Waals surface area contributed by atoms with Gasteiger partial charge in [0.1, 0.15) is 0 Å². The number of benzene rings is 8. The molecule has 0 unspecified atom stereocenters. The highest BCUT2D eigenvalue weighted by Crippen LogP contribution is 2.38. The second kappa shape index (κ2) is 13.8. The quantitative estimate of drug-likeness (QED) is 0.166. The molecule has 0 aliphatic rings. The van der Waals surface area contributed by atoms with Crippen molar-refractivity contribution in [1.82, 2.24) is 19.5 Å². The van der Waals surface area contributed by atoms with E-state index in [0.29, 0.717) is 23.5 Å². The van der Waals surface area contributed by atoms with Gasteiger partial charge in [0, 0.05) is 33.0 Å². The first kappa shape index (κ1) is 31.1. The van der Waals surface area contributed by atoms with Crippen LogP contribution < -0.4 is 0 Å². The summed E-state index contributed by atoms with van der Waals surface area (Å²) in [5.41, 5.74) is 11.8. The topological polar surface area (TPSA) is 43.6 Å². The Kier molecular flexibility index (Phi) is 7.84. The molecule has 55 heavy (non-hydrogen) atoms. The van der Waals surface area contributed by atoms with Crippen molar-refractivity contribution in [2.24, 2.45) is 0 Å². The lowest BCUT2D eigenvalue weighted by atomic mass is 10.0. The second-order valence-corrected chi connectivity index (χ2v) is 13.6. The molecule has 0 N–H and O–H groups in total. The van der Waals surface area contributed by atoms with Crippen LogP contribution in [0.4, 0.5) is 0 Å². The molecule has 0 saturated carbocycles. The van der Waals surface area contributed by atoms with Gasteiger partial charge < -0.3 is 4.57 Å². The summed E-state index contributed by atoms with van der Waals surface area (Å²) in [4.78, 5) is 15.4. The van der Waals surface area contributed by atoms with Gasteiger partial charge in [-0.1, -0.05) is 188 Å². The van der Waals surface area contributed by atoms with Crippen molar-refractivity contribution in [2.45, 2.75) is 0 Å². The van der Waals surface area contributed by atoms with Gasteiger partial charge in [0.25, 0.3) is 0 Å². The van der Waals surface area contributed by atoms with Gasteiger partial charge in [-0.15, -0.1) is 0 Å². The van der Waals surface area contributed by atoms with Crippen LogP contribution in [0.1, 0.15) is 1.37 Å². The van der Waals surface area contributed by atoms with E-state index in [9.17, 15) is 1.37 Å². The van der Waals surface area contributed by atoms with Gasteiger partial charge in [-0.3, -0.25) is 0 Å². The zero-order valence-electron chi connectivity index (χ0n) is 30.8. The third-order valence-electron chi connectivity index (χ3n) is 10.2. The van der Waals surface area contributed by atoms with Crippen LogP contribution >= 0.6 is 0 Å². The van der Waals surface area contributed by atoms with Gasteiger partial charge in [-0.05, 0) is 46.0 Å². The zero-order valence-corrected chi connectivity index (χ0v) is 29.8. The lowest BCUT2D eigenvalue weighted by Crippen LogP contribution is -2.02. The van der Waals surface area contributed by atoms with E-state index < -0.39 is 0 Å². The molecule has 2 heterocycles. The highest BCUT2D eigenvalue weighted by molar-refractivity contribution is 6.09. The molecule has 0 saturated heterocycles. The second-order valence-electron chi connectivity index (χ2n) is 13.6. The number of rotatable bonds is 7. The van der Waals surface area contributed by atoms with Gasteiger partial charge in [-0.2, -0.15) is 0 Å². The maximum Gasteiger partial charge on any atom is 0.164 e. The van der Waals surface area contributed by atoms with Crippen LogP contribution in [-0.4, -0.2) is 19.5 Å². The number of fused-ring (bicyclic) bond motifs is 3. The van der Waals surface area contributed by atoms with Crippen molar-refractivity contribution in [1.29, 1.82) is 0 Å². The lowest BCUT2D eigenvalue weighted by molar-refractivity contribution is 1.07. The Morgan fingerprint density at radius 1 is 0.327 bits per heavy atom. The molecule has 10 aromatic rings. The SMILES string of the molecule is [2H]c1cc(-c2nc(-c3ccc(-c4ccccc4)cc3)nc(-c3ccc(-c4ccccc4)cc3)n2)cc(-n2c3ccccc3c3ccccc32)c1-c1ccccc1. The van der Waals surface area contributed by atoms with Crippen LogP contribution in [0.3, 0.4) is 0 Å². The zero-order chi connectivity index (χ0) is 37.4. The monoisotopic (exact) mass is 703 g/mol. The lowest BCUT2D eigenvalue weighted by Gasteiger charge is -2.16. The van der Waals surface area contributed by atoms with E-state index in [1.807, 2.05) is 60.7 Å². The Balaban J connectivity index is 1.18. The Hall–Kier alpha value is -7.43. The minimum Gasteiger partial charge on any atom is -0.309 e. The van der Waals surface area contributed by atoms with Crippen molar-refractivity contribution in [3.8, 4) is 73.2 Å². The largest absolute Gasteiger partial charge is 0.309 e. The molecule has 0 fully saturated rings. The maximum atomic E-state index is 9.62. The summed E-state index contributed by atoms with van der Waals surface area (Å²) in [6.45, 7) is 0. The highest BCUT2D eigenvalue weighted by Gasteiger charge is 2.19. The fourth-order valence-corrected chi connectivity index (χ4v) is 7.46. The fraction of sp³-hybridized carbons (Fsp3) is 0. The van der Waals surface area contributed by atoms with Crippen LogP contribution in [0.5, 0.6) is 0 Å². The van der Waals surface area contributed by atoms with E-state index in [1.165, 1.54) is 0 Å². The first-order chi connectivity index (χ1) is 27.7. The Morgan fingerprint density at radius 3 is 1.16 bits per heavy atom. The number of nitrogens with zero attached hydrogens (tertiary/aromatic N) is 4. The fourth-order valence-electron chi connectivity index (χ4n) is 7.46. The van der Waals surface area contributed by atoms with Crippen LogP contribution in [-0.2, 0) is 0 Å². The molecular weight excluding hydrogens is 669 g/mol. The summed E-state index contributed by atoms with van der Waals surface area (Å²) in [6.07, 6.45) is 0. The summed E-state index contributed by atoms with van der Waals surface area (Å²) in [6, 6.07) is 69.0. The predicted molar refractivity (Wildman–Crippen MR) is 227 cm³/mol. The maximum absolute atomic E-state index is 9.62. The summed E-state index contributed by atoms with van der Waals surface area (Å²) >= 11 is 0. The van der Waals surface area contributed by atoms with Crippen molar-refractivity contribution in [3.05, 3.63) is 206 Å². The number of para-hydroxylation sites is 2. The molecule has 0 amide bonds. The van der Waals surface area contributed by atoms with Crippen molar-refractivity contribution >= 4 is 21.8 Å². The summed E-state index contributed by atoms with van der Waals surface area (Å²) in [7, 11) is 0. The van der Waals surface area contributed by atoms with Gasteiger partial charge >= 0.3 is 0 Å². The van der Waals surface area contributed by atoms with E-state index in [2.05, 4.69) is 144 Å². The van der Waals surface area contributed by atoms with Gasteiger partial charge in [0.05, 0.1) is 18.1 Å². The standard InChI is InChI=1S/C51H34N4/c1-4-14-35(15-5-1)37-24-28-40(29-25-37)49-52-50(41-30-26-38(27-31-41)36-16-6-2-7-17-36)54-51(53-49)42-32-33-43(39-18-8-3-9-19-39)48(34-42)55-46-22-12-10-20-44(46)45-21-11-13-23-47(45)55/h1-34H/i33D. The molecule has 0 bridgehead atoms. The first-order valence-electron chi connectivity index (χ1n) is 18.9. The van der Waals surface area contributed by atoms with Gasteiger partial charge in [0.2, 0.25) is 0 Å². The minimum atomic E-state index is 0.383. The number of hydrogen-bond donors (Lipinski definition) is 0. The van der Waals surface area contributed by atoms with Crippen LogP contribution in [0.15, 0.2) is 206 Å². The Bertz CT molecular complexity index is 2840. The molecule has 0 spiro atoms. The molecule has 258 valence electrons. The van der Waals surface area contributed by atoms with E-state index in [-0.39, 0.29) is 0 Å². The molecular formula is C51H34N4. The number of aromatic nitrogens is 4. The third kappa shape index (κ3) is 6.06.